The predicted octanol–water partition coefficient (Wildman–Crippen LogP) is 2.28. The van der Waals surface area contributed by atoms with Crippen LogP contribution in [0.3, 0.4) is 0 Å². The fraction of sp³-hybridized carbons (Fsp3) is 0.133. The van der Waals surface area contributed by atoms with E-state index in [1.807, 2.05) is 32.0 Å². The number of carbonyl (C=O) groups excluding carboxylic acids is 2. The van der Waals surface area contributed by atoms with Gasteiger partial charge in [0.2, 0.25) is 0 Å². The van der Waals surface area contributed by atoms with Crippen molar-refractivity contribution in [3.8, 4) is 0 Å². The maximum absolute atomic E-state index is 11.8. The van der Waals surface area contributed by atoms with Crippen LogP contribution in [-0.4, -0.2) is 16.8 Å². The summed E-state index contributed by atoms with van der Waals surface area (Å²) in [6, 6.07) is 10.8. The summed E-state index contributed by atoms with van der Waals surface area (Å²) in [4.78, 5) is 27.6. The van der Waals surface area contributed by atoms with Crippen LogP contribution in [0.5, 0.6) is 0 Å². The number of hydrogen-bond donors (Lipinski definition) is 2. The number of carbonyl (C=O) groups is 2. The minimum absolute atomic E-state index is 0.356. The molecule has 0 spiro atoms. The Balaban J connectivity index is 2.03. The van der Waals surface area contributed by atoms with Gasteiger partial charge in [0.25, 0.3) is 0 Å². The maximum atomic E-state index is 11.8. The molecule has 0 fully saturated rings. The second-order valence-corrected chi connectivity index (χ2v) is 4.44. The zero-order chi connectivity index (χ0) is 14.5. The first-order valence-corrected chi connectivity index (χ1v) is 6.17. The number of benzene rings is 1. The van der Waals surface area contributed by atoms with Crippen molar-refractivity contribution in [1.29, 1.82) is 0 Å². The molecule has 0 atom stereocenters. The molecule has 0 aliphatic rings. The van der Waals surface area contributed by atoms with Gasteiger partial charge in [-0.25, -0.2) is 4.98 Å². The number of pyridine rings is 1. The normalized spacial score (nSPS) is 9.90. The summed E-state index contributed by atoms with van der Waals surface area (Å²) in [6.45, 7) is 3.74. The predicted molar refractivity (Wildman–Crippen MR) is 77.4 cm³/mol. The molecule has 1 aromatic carbocycles. The average molecular weight is 269 g/mol. The molecule has 1 heterocycles. The van der Waals surface area contributed by atoms with E-state index in [9.17, 15) is 9.59 Å². The molecule has 0 unspecified atom stereocenters. The lowest BCUT2D eigenvalue weighted by molar-refractivity contribution is -0.133. The molecule has 0 aliphatic heterocycles. The van der Waals surface area contributed by atoms with Crippen LogP contribution >= 0.6 is 0 Å². The van der Waals surface area contributed by atoms with Gasteiger partial charge in [0.15, 0.2) is 0 Å². The van der Waals surface area contributed by atoms with E-state index in [2.05, 4.69) is 15.6 Å². The minimum Gasteiger partial charge on any atom is -0.318 e. The first-order chi connectivity index (χ1) is 9.56. The van der Waals surface area contributed by atoms with Crippen molar-refractivity contribution in [2.45, 2.75) is 13.8 Å². The number of hydrogen-bond acceptors (Lipinski definition) is 3. The van der Waals surface area contributed by atoms with Gasteiger partial charge in [-0.15, -0.1) is 0 Å². The van der Waals surface area contributed by atoms with Crippen LogP contribution in [0, 0.1) is 13.8 Å². The van der Waals surface area contributed by atoms with Gasteiger partial charge in [-0.2, -0.15) is 0 Å². The van der Waals surface area contributed by atoms with Crippen molar-refractivity contribution in [2.75, 3.05) is 10.6 Å². The second kappa shape index (κ2) is 5.97. The van der Waals surface area contributed by atoms with Crippen molar-refractivity contribution in [2.24, 2.45) is 0 Å². The summed E-state index contributed by atoms with van der Waals surface area (Å²) in [5, 5.41) is 5.03. The van der Waals surface area contributed by atoms with E-state index in [0.717, 1.165) is 11.1 Å². The third kappa shape index (κ3) is 3.41. The van der Waals surface area contributed by atoms with Gasteiger partial charge in [-0.05, 0) is 43.2 Å². The van der Waals surface area contributed by atoms with E-state index in [-0.39, 0.29) is 0 Å². The monoisotopic (exact) mass is 269 g/mol. The molecule has 2 aromatic rings. The number of aryl methyl sites for hydroxylation is 2. The highest BCUT2D eigenvalue weighted by atomic mass is 16.2. The van der Waals surface area contributed by atoms with E-state index in [1.165, 1.54) is 0 Å². The lowest BCUT2D eigenvalue weighted by Crippen LogP contribution is -2.29. The Bertz CT molecular complexity index is 653. The first kappa shape index (κ1) is 13.7. The van der Waals surface area contributed by atoms with E-state index < -0.39 is 11.8 Å². The molecule has 0 bridgehead atoms. The average Bonchev–Trinajstić information content (AvgIpc) is 2.41. The number of nitrogens with one attached hydrogen (secondary N) is 2. The second-order valence-electron chi connectivity index (χ2n) is 4.44. The van der Waals surface area contributed by atoms with Crippen LogP contribution in [0.2, 0.25) is 0 Å². The fourth-order valence-electron chi connectivity index (χ4n) is 1.67. The van der Waals surface area contributed by atoms with Crippen LogP contribution in [0.4, 0.5) is 11.5 Å². The van der Waals surface area contributed by atoms with E-state index in [1.54, 1.807) is 24.4 Å². The zero-order valence-electron chi connectivity index (χ0n) is 11.3. The molecule has 0 radical (unpaired) electrons. The molecule has 2 N–H and O–H groups in total. The number of para-hydroxylation sites is 1. The minimum atomic E-state index is -0.744. The maximum Gasteiger partial charge on any atom is 0.315 e. The Hall–Kier alpha value is -2.69. The van der Waals surface area contributed by atoms with E-state index in [0.29, 0.717) is 11.5 Å². The Morgan fingerprint density at radius 2 is 1.70 bits per heavy atom. The highest BCUT2D eigenvalue weighted by Gasteiger charge is 2.15. The lowest BCUT2D eigenvalue weighted by Gasteiger charge is -2.08. The molecule has 0 aliphatic carbocycles. The Morgan fingerprint density at radius 3 is 2.40 bits per heavy atom. The van der Waals surface area contributed by atoms with Crippen LogP contribution in [0.1, 0.15) is 11.1 Å². The number of aromatic nitrogens is 1. The number of rotatable bonds is 2. The van der Waals surface area contributed by atoms with Crippen molar-refractivity contribution in [3.63, 3.8) is 0 Å². The summed E-state index contributed by atoms with van der Waals surface area (Å²) in [5.41, 5.74) is 2.46. The molecule has 0 saturated carbocycles. The zero-order valence-corrected chi connectivity index (χ0v) is 11.3. The summed E-state index contributed by atoms with van der Waals surface area (Å²) < 4.78 is 0. The Labute approximate surface area is 117 Å². The quantitative estimate of drug-likeness (QED) is 0.822. The molecular weight excluding hydrogens is 254 g/mol. The molecule has 102 valence electrons. The molecule has 5 heteroatoms. The van der Waals surface area contributed by atoms with Gasteiger partial charge < -0.3 is 10.6 Å². The molecule has 1 aromatic heterocycles. The van der Waals surface area contributed by atoms with Gasteiger partial charge in [0, 0.05) is 11.9 Å². The summed E-state index contributed by atoms with van der Waals surface area (Å²) in [7, 11) is 0. The van der Waals surface area contributed by atoms with Gasteiger partial charge in [-0.1, -0.05) is 18.2 Å². The highest BCUT2D eigenvalue weighted by Crippen LogP contribution is 2.13. The third-order valence-corrected chi connectivity index (χ3v) is 2.76. The SMILES string of the molecule is Cc1ccnc(NC(=O)C(=O)Nc2ccccc2C)c1. The van der Waals surface area contributed by atoms with Gasteiger partial charge in [-0.3, -0.25) is 9.59 Å². The van der Waals surface area contributed by atoms with Crippen LogP contribution in [0.15, 0.2) is 42.6 Å². The van der Waals surface area contributed by atoms with E-state index >= 15 is 0 Å². The number of anilines is 2. The van der Waals surface area contributed by atoms with Crippen LogP contribution in [-0.2, 0) is 9.59 Å². The van der Waals surface area contributed by atoms with Crippen molar-refractivity contribution >= 4 is 23.3 Å². The molecule has 20 heavy (non-hydrogen) atoms. The number of amides is 2. The van der Waals surface area contributed by atoms with Crippen molar-refractivity contribution < 1.29 is 9.59 Å². The fourth-order valence-corrected chi connectivity index (χ4v) is 1.67. The van der Waals surface area contributed by atoms with Crippen molar-refractivity contribution in [3.05, 3.63) is 53.7 Å². The van der Waals surface area contributed by atoms with E-state index in [4.69, 9.17) is 0 Å². The summed E-state index contributed by atoms with van der Waals surface area (Å²) in [6.07, 6.45) is 1.57. The largest absolute Gasteiger partial charge is 0.318 e. The smallest absolute Gasteiger partial charge is 0.315 e. The topological polar surface area (TPSA) is 71.1 Å². The molecule has 0 saturated heterocycles. The summed E-state index contributed by atoms with van der Waals surface area (Å²) >= 11 is 0. The standard InChI is InChI=1S/C15H15N3O2/c1-10-7-8-16-13(9-10)18-15(20)14(19)17-12-6-4-3-5-11(12)2/h3-9H,1-2H3,(H,17,19)(H,16,18,20). The first-order valence-electron chi connectivity index (χ1n) is 6.17. The Morgan fingerprint density at radius 1 is 1.00 bits per heavy atom. The van der Waals surface area contributed by atoms with Crippen molar-refractivity contribution in [1.82, 2.24) is 4.98 Å². The molecule has 2 rings (SSSR count). The Kier molecular flexibility index (Phi) is 4.10. The highest BCUT2D eigenvalue weighted by molar-refractivity contribution is 6.43. The van der Waals surface area contributed by atoms with Crippen LogP contribution < -0.4 is 10.6 Å². The third-order valence-electron chi connectivity index (χ3n) is 2.76. The number of nitrogens with zero attached hydrogens (tertiary/aromatic N) is 1. The molecular formula is C15H15N3O2. The molecule has 5 nitrogen and oxygen atoms in total. The summed E-state index contributed by atoms with van der Waals surface area (Å²) in [5.74, 6) is -1.11. The van der Waals surface area contributed by atoms with Gasteiger partial charge in [0.05, 0.1) is 0 Å². The van der Waals surface area contributed by atoms with Gasteiger partial charge >= 0.3 is 11.8 Å². The van der Waals surface area contributed by atoms with Gasteiger partial charge in [0.1, 0.15) is 5.82 Å². The lowest BCUT2D eigenvalue weighted by atomic mass is 10.2. The molecule has 2 amide bonds. The van der Waals surface area contributed by atoms with Crippen LogP contribution in [0.25, 0.3) is 0 Å².